The van der Waals surface area contributed by atoms with E-state index < -0.39 is 11.9 Å². The highest BCUT2D eigenvalue weighted by Crippen LogP contribution is 2.19. The standard InChI is InChI=1S/C12H19N5O2/c1-2-3-10-15-9(13)6-11(16-10)17-4-5-19-7-8(17)12(14)18/h6,8H,2-5,7H2,1H3,(H2,14,18)(H2,13,15,16). The Morgan fingerprint density at radius 2 is 2.37 bits per heavy atom. The predicted octanol–water partition coefficient (Wildman–Crippen LogP) is -0.298. The van der Waals surface area contributed by atoms with Gasteiger partial charge in [-0.1, -0.05) is 6.92 Å². The third-order valence-corrected chi connectivity index (χ3v) is 3.00. The number of amides is 1. The van der Waals surface area contributed by atoms with E-state index >= 15 is 0 Å². The number of aryl methyl sites for hydroxylation is 1. The van der Waals surface area contributed by atoms with Crippen LogP contribution in [-0.2, 0) is 16.0 Å². The van der Waals surface area contributed by atoms with Gasteiger partial charge in [-0.2, -0.15) is 0 Å². The second kappa shape index (κ2) is 5.83. The molecule has 0 spiro atoms. The molecule has 0 saturated carbocycles. The van der Waals surface area contributed by atoms with Gasteiger partial charge >= 0.3 is 0 Å². The summed E-state index contributed by atoms with van der Waals surface area (Å²) in [6, 6.07) is 1.16. The largest absolute Gasteiger partial charge is 0.384 e. The van der Waals surface area contributed by atoms with Gasteiger partial charge in [0.2, 0.25) is 5.91 Å². The molecule has 2 heterocycles. The van der Waals surface area contributed by atoms with Crippen LogP contribution in [0, 0.1) is 0 Å². The van der Waals surface area contributed by atoms with E-state index in [0.29, 0.717) is 30.6 Å². The van der Waals surface area contributed by atoms with Crippen molar-refractivity contribution in [2.75, 3.05) is 30.4 Å². The molecule has 1 aliphatic heterocycles. The van der Waals surface area contributed by atoms with Crippen LogP contribution in [0.25, 0.3) is 0 Å². The molecule has 1 unspecified atom stereocenters. The van der Waals surface area contributed by atoms with Gasteiger partial charge in [-0.05, 0) is 6.42 Å². The first kappa shape index (κ1) is 13.5. The summed E-state index contributed by atoms with van der Waals surface area (Å²) in [7, 11) is 0. The Labute approximate surface area is 111 Å². The predicted molar refractivity (Wildman–Crippen MR) is 71.6 cm³/mol. The highest BCUT2D eigenvalue weighted by atomic mass is 16.5. The van der Waals surface area contributed by atoms with E-state index in [1.807, 2.05) is 11.8 Å². The number of nitrogens with zero attached hydrogens (tertiary/aromatic N) is 3. The summed E-state index contributed by atoms with van der Waals surface area (Å²) in [5, 5.41) is 0. The van der Waals surface area contributed by atoms with Crippen molar-refractivity contribution in [1.82, 2.24) is 9.97 Å². The average Bonchev–Trinajstić information content (AvgIpc) is 2.38. The van der Waals surface area contributed by atoms with E-state index in [-0.39, 0.29) is 6.61 Å². The van der Waals surface area contributed by atoms with Gasteiger partial charge < -0.3 is 21.1 Å². The van der Waals surface area contributed by atoms with Gasteiger partial charge in [0.15, 0.2) is 0 Å². The van der Waals surface area contributed by atoms with Crippen LogP contribution in [0.1, 0.15) is 19.2 Å². The number of hydrogen-bond acceptors (Lipinski definition) is 6. The maximum absolute atomic E-state index is 11.5. The van der Waals surface area contributed by atoms with Crippen LogP contribution in [0.3, 0.4) is 0 Å². The molecule has 1 aliphatic rings. The molecule has 1 aromatic rings. The zero-order chi connectivity index (χ0) is 13.8. The Morgan fingerprint density at radius 3 is 3.05 bits per heavy atom. The number of nitrogens with two attached hydrogens (primary N) is 2. The van der Waals surface area contributed by atoms with Gasteiger partial charge in [-0.25, -0.2) is 9.97 Å². The Hall–Kier alpha value is -1.89. The number of hydrogen-bond donors (Lipinski definition) is 2. The van der Waals surface area contributed by atoms with E-state index in [1.54, 1.807) is 6.07 Å². The maximum Gasteiger partial charge on any atom is 0.242 e. The van der Waals surface area contributed by atoms with Gasteiger partial charge in [0.1, 0.15) is 23.5 Å². The summed E-state index contributed by atoms with van der Waals surface area (Å²) in [5.41, 5.74) is 11.2. The smallest absolute Gasteiger partial charge is 0.242 e. The molecule has 1 atom stereocenters. The molecule has 1 saturated heterocycles. The lowest BCUT2D eigenvalue weighted by Crippen LogP contribution is -2.53. The van der Waals surface area contributed by atoms with Crippen LogP contribution >= 0.6 is 0 Å². The van der Waals surface area contributed by atoms with Crippen LogP contribution in [0.15, 0.2) is 6.07 Å². The molecular weight excluding hydrogens is 246 g/mol. The molecule has 1 fully saturated rings. The third-order valence-electron chi connectivity index (χ3n) is 3.00. The molecule has 0 aromatic carbocycles. The number of ether oxygens (including phenoxy) is 1. The van der Waals surface area contributed by atoms with E-state index in [1.165, 1.54) is 0 Å². The van der Waals surface area contributed by atoms with Crippen molar-refractivity contribution in [2.24, 2.45) is 5.73 Å². The highest BCUT2D eigenvalue weighted by molar-refractivity contribution is 5.83. The Bertz CT molecular complexity index is 465. The average molecular weight is 265 g/mol. The summed E-state index contributed by atoms with van der Waals surface area (Å²) in [5.74, 6) is 1.31. The third kappa shape index (κ3) is 3.11. The van der Waals surface area contributed by atoms with Crippen molar-refractivity contribution < 1.29 is 9.53 Å². The minimum atomic E-state index is -0.502. The zero-order valence-corrected chi connectivity index (χ0v) is 11.0. The van der Waals surface area contributed by atoms with Crippen molar-refractivity contribution in [1.29, 1.82) is 0 Å². The second-order valence-corrected chi connectivity index (χ2v) is 4.50. The summed E-state index contributed by atoms with van der Waals surface area (Å²) in [6.07, 6.45) is 1.69. The number of nitrogen functional groups attached to an aromatic ring is 1. The molecule has 104 valence electrons. The van der Waals surface area contributed by atoms with Crippen molar-refractivity contribution in [2.45, 2.75) is 25.8 Å². The minimum Gasteiger partial charge on any atom is -0.384 e. The fourth-order valence-corrected chi connectivity index (χ4v) is 2.10. The second-order valence-electron chi connectivity index (χ2n) is 4.50. The first-order chi connectivity index (χ1) is 9.11. The normalized spacial score (nSPS) is 19.4. The molecule has 1 amide bonds. The lowest BCUT2D eigenvalue weighted by atomic mass is 10.2. The van der Waals surface area contributed by atoms with Crippen LogP contribution in [-0.4, -0.2) is 41.7 Å². The van der Waals surface area contributed by atoms with Crippen LogP contribution in [0.4, 0.5) is 11.6 Å². The van der Waals surface area contributed by atoms with E-state index in [9.17, 15) is 4.79 Å². The molecule has 7 nitrogen and oxygen atoms in total. The zero-order valence-electron chi connectivity index (χ0n) is 11.0. The van der Waals surface area contributed by atoms with E-state index in [2.05, 4.69) is 9.97 Å². The summed E-state index contributed by atoms with van der Waals surface area (Å²) < 4.78 is 5.29. The number of primary amides is 1. The van der Waals surface area contributed by atoms with E-state index in [4.69, 9.17) is 16.2 Å². The van der Waals surface area contributed by atoms with Gasteiger partial charge in [-0.3, -0.25) is 4.79 Å². The van der Waals surface area contributed by atoms with E-state index in [0.717, 1.165) is 12.8 Å². The molecule has 2 rings (SSSR count). The minimum absolute atomic E-state index is 0.280. The van der Waals surface area contributed by atoms with Crippen LogP contribution in [0.5, 0.6) is 0 Å². The number of aromatic nitrogens is 2. The quantitative estimate of drug-likeness (QED) is 0.774. The van der Waals surface area contributed by atoms with Gasteiger partial charge in [0.05, 0.1) is 13.2 Å². The molecular formula is C12H19N5O2. The molecule has 1 aromatic heterocycles. The number of carbonyl (C=O) groups is 1. The number of rotatable bonds is 4. The lowest BCUT2D eigenvalue weighted by molar-refractivity contribution is -0.121. The molecule has 7 heteroatoms. The molecule has 19 heavy (non-hydrogen) atoms. The SMILES string of the molecule is CCCc1nc(N)cc(N2CCOCC2C(N)=O)n1. The van der Waals surface area contributed by atoms with Gasteiger partial charge in [0, 0.05) is 19.0 Å². The Morgan fingerprint density at radius 1 is 1.58 bits per heavy atom. The number of anilines is 2. The maximum atomic E-state index is 11.5. The first-order valence-electron chi connectivity index (χ1n) is 6.39. The fraction of sp³-hybridized carbons (Fsp3) is 0.583. The Balaban J connectivity index is 2.30. The molecule has 4 N–H and O–H groups in total. The fourth-order valence-electron chi connectivity index (χ4n) is 2.10. The molecule has 0 aliphatic carbocycles. The summed E-state index contributed by atoms with van der Waals surface area (Å²) in [4.78, 5) is 21.9. The van der Waals surface area contributed by atoms with Gasteiger partial charge in [-0.15, -0.1) is 0 Å². The van der Waals surface area contributed by atoms with Crippen molar-refractivity contribution in [3.63, 3.8) is 0 Å². The lowest BCUT2D eigenvalue weighted by Gasteiger charge is -2.34. The highest BCUT2D eigenvalue weighted by Gasteiger charge is 2.29. The van der Waals surface area contributed by atoms with Crippen LogP contribution in [0.2, 0.25) is 0 Å². The van der Waals surface area contributed by atoms with Crippen molar-refractivity contribution >= 4 is 17.5 Å². The topological polar surface area (TPSA) is 107 Å². The summed E-state index contributed by atoms with van der Waals surface area (Å²) in [6.45, 7) is 3.43. The van der Waals surface area contributed by atoms with Crippen molar-refractivity contribution in [3.8, 4) is 0 Å². The summed E-state index contributed by atoms with van der Waals surface area (Å²) >= 11 is 0. The molecule has 0 bridgehead atoms. The van der Waals surface area contributed by atoms with Gasteiger partial charge in [0.25, 0.3) is 0 Å². The van der Waals surface area contributed by atoms with Crippen molar-refractivity contribution in [3.05, 3.63) is 11.9 Å². The number of carbonyl (C=O) groups excluding carboxylic acids is 1. The number of morpholine rings is 1. The monoisotopic (exact) mass is 265 g/mol. The van der Waals surface area contributed by atoms with Crippen LogP contribution < -0.4 is 16.4 Å². The molecule has 0 radical (unpaired) electrons. The Kier molecular flexibility index (Phi) is 4.16. The first-order valence-corrected chi connectivity index (χ1v) is 6.39.